The van der Waals surface area contributed by atoms with Crippen molar-refractivity contribution in [1.29, 1.82) is 0 Å². The fraction of sp³-hybridized carbons (Fsp3) is 0.500. The fourth-order valence-corrected chi connectivity index (χ4v) is 1.98. The minimum absolute atomic E-state index is 0.0549. The van der Waals surface area contributed by atoms with Gasteiger partial charge < -0.3 is 10.6 Å². The summed E-state index contributed by atoms with van der Waals surface area (Å²) in [7, 11) is 1.77. The molecule has 0 aliphatic rings. The molecule has 1 amide bonds. The highest BCUT2D eigenvalue weighted by Gasteiger charge is 2.30. The molecular weight excluding hydrogens is 244 g/mol. The first kappa shape index (κ1) is 15.1. The Morgan fingerprint density at radius 2 is 2.00 bits per heavy atom. The van der Waals surface area contributed by atoms with Gasteiger partial charge in [-0.25, -0.2) is 0 Å². The lowest BCUT2D eigenvalue weighted by Gasteiger charge is -2.30. The number of likely N-dealkylation sites (N-methyl/N-ethyl adjacent to an activating group) is 1. The molecular formula is C14H22N2OS. The number of nitrogens with two attached hydrogens (primary N) is 1. The Morgan fingerprint density at radius 1 is 1.39 bits per heavy atom. The molecule has 2 N–H and O–H groups in total. The lowest BCUT2D eigenvalue weighted by atomic mass is 9.86. The highest BCUT2D eigenvalue weighted by Crippen LogP contribution is 2.24. The first-order valence-corrected chi connectivity index (χ1v) is 7.17. The van der Waals surface area contributed by atoms with Crippen LogP contribution in [-0.2, 0) is 4.79 Å². The maximum atomic E-state index is 12.3. The van der Waals surface area contributed by atoms with E-state index in [0.717, 1.165) is 10.6 Å². The largest absolute Gasteiger partial charge is 0.319 e. The summed E-state index contributed by atoms with van der Waals surface area (Å²) in [5.41, 5.74) is 6.65. The summed E-state index contributed by atoms with van der Waals surface area (Å²) in [6.07, 6.45) is 2.02. The van der Waals surface area contributed by atoms with Gasteiger partial charge in [0.2, 0.25) is 5.91 Å². The first-order valence-electron chi connectivity index (χ1n) is 5.94. The maximum Gasteiger partial charge on any atom is 0.244 e. The number of amides is 1. The van der Waals surface area contributed by atoms with Gasteiger partial charge >= 0.3 is 0 Å². The van der Waals surface area contributed by atoms with Crippen molar-refractivity contribution in [2.24, 2.45) is 11.1 Å². The topological polar surface area (TPSA) is 46.3 Å². The van der Waals surface area contributed by atoms with E-state index in [2.05, 4.69) is 0 Å². The monoisotopic (exact) mass is 266 g/mol. The van der Waals surface area contributed by atoms with Gasteiger partial charge in [0, 0.05) is 17.6 Å². The number of nitrogens with zero attached hydrogens (tertiary/aromatic N) is 1. The quantitative estimate of drug-likeness (QED) is 0.856. The molecule has 0 aliphatic carbocycles. The maximum absolute atomic E-state index is 12.3. The van der Waals surface area contributed by atoms with Crippen LogP contribution in [0.15, 0.2) is 29.2 Å². The van der Waals surface area contributed by atoms with E-state index >= 15 is 0 Å². The molecule has 0 radical (unpaired) electrons. The van der Waals surface area contributed by atoms with Gasteiger partial charge in [-0.1, -0.05) is 26.8 Å². The molecule has 0 aliphatic heterocycles. The third-order valence-corrected chi connectivity index (χ3v) is 3.70. The van der Waals surface area contributed by atoms with Crippen molar-refractivity contribution in [3.8, 4) is 0 Å². The zero-order chi connectivity index (χ0) is 13.9. The van der Waals surface area contributed by atoms with Crippen molar-refractivity contribution >= 4 is 23.4 Å². The molecule has 1 aromatic rings. The van der Waals surface area contributed by atoms with Gasteiger partial charge in [0.05, 0.1) is 6.04 Å². The summed E-state index contributed by atoms with van der Waals surface area (Å²) in [6, 6.07) is 7.40. The number of benzene rings is 1. The normalized spacial score (nSPS) is 13.2. The lowest BCUT2D eigenvalue weighted by molar-refractivity contribution is -0.121. The van der Waals surface area contributed by atoms with Gasteiger partial charge in [0.25, 0.3) is 0 Å². The highest BCUT2D eigenvalue weighted by molar-refractivity contribution is 7.98. The molecule has 100 valence electrons. The van der Waals surface area contributed by atoms with Crippen LogP contribution >= 0.6 is 11.8 Å². The van der Waals surface area contributed by atoms with Crippen LogP contribution in [0.3, 0.4) is 0 Å². The van der Waals surface area contributed by atoms with Gasteiger partial charge in [-0.15, -0.1) is 11.8 Å². The van der Waals surface area contributed by atoms with E-state index in [1.807, 2.05) is 51.3 Å². The fourth-order valence-electron chi connectivity index (χ4n) is 1.53. The summed E-state index contributed by atoms with van der Waals surface area (Å²) in [6.45, 7) is 5.92. The third kappa shape index (κ3) is 3.50. The van der Waals surface area contributed by atoms with Crippen LogP contribution in [0.25, 0.3) is 0 Å². The first-order chi connectivity index (χ1) is 8.27. The summed E-state index contributed by atoms with van der Waals surface area (Å²) in [5.74, 6) is -0.0549. The molecule has 1 rings (SSSR count). The van der Waals surface area contributed by atoms with E-state index < -0.39 is 6.04 Å². The van der Waals surface area contributed by atoms with E-state index in [1.54, 1.807) is 23.7 Å². The lowest BCUT2D eigenvalue weighted by Crippen LogP contribution is -2.49. The predicted octanol–water partition coefficient (Wildman–Crippen LogP) is 2.74. The molecule has 0 unspecified atom stereocenters. The van der Waals surface area contributed by atoms with Crippen LogP contribution < -0.4 is 10.6 Å². The van der Waals surface area contributed by atoms with E-state index in [-0.39, 0.29) is 11.3 Å². The van der Waals surface area contributed by atoms with Gasteiger partial charge in [-0.2, -0.15) is 0 Å². The van der Waals surface area contributed by atoms with Gasteiger partial charge in [0.1, 0.15) is 0 Å². The molecule has 0 aromatic heterocycles. The number of rotatable bonds is 3. The molecule has 0 saturated heterocycles. The Morgan fingerprint density at radius 3 is 2.50 bits per heavy atom. The van der Waals surface area contributed by atoms with Gasteiger partial charge in [-0.05, 0) is 29.9 Å². The van der Waals surface area contributed by atoms with Crippen LogP contribution in [0.5, 0.6) is 0 Å². The number of carbonyl (C=O) groups excluding carboxylic acids is 1. The zero-order valence-corrected chi connectivity index (χ0v) is 12.5. The van der Waals surface area contributed by atoms with Crippen molar-refractivity contribution in [3.05, 3.63) is 24.3 Å². The number of hydrogen-bond donors (Lipinski definition) is 1. The van der Waals surface area contributed by atoms with E-state index in [9.17, 15) is 4.79 Å². The smallest absolute Gasteiger partial charge is 0.244 e. The molecule has 0 bridgehead atoms. The van der Waals surface area contributed by atoms with Crippen molar-refractivity contribution < 1.29 is 4.79 Å². The van der Waals surface area contributed by atoms with Crippen LogP contribution in [0, 0.1) is 5.41 Å². The second kappa shape index (κ2) is 5.76. The highest BCUT2D eigenvalue weighted by atomic mass is 32.2. The molecule has 1 aromatic carbocycles. The minimum atomic E-state index is -0.500. The van der Waals surface area contributed by atoms with Crippen molar-refractivity contribution in [2.75, 3.05) is 18.2 Å². The van der Waals surface area contributed by atoms with Gasteiger partial charge in [0.15, 0.2) is 0 Å². The molecule has 18 heavy (non-hydrogen) atoms. The Hall–Kier alpha value is -1.00. The summed E-state index contributed by atoms with van der Waals surface area (Å²) < 4.78 is 0. The molecule has 0 fully saturated rings. The van der Waals surface area contributed by atoms with Crippen LogP contribution in [0.1, 0.15) is 20.8 Å². The number of anilines is 1. The molecule has 1 atom stereocenters. The SMILES string of the molecule is CSc1cccc(N(C)C(=O)[C@@H](N)C(C)(C)C)c1. The molecule has 0 heterocycles. The predicted molar refractivity (Wildman–Crippen MR) is 79.1 cm³/mol. The van der Waals surface area contributed by atoms with Crippen molar-refractivity contribution in [3.63, 3.8) is 0 Å². The number of carbonyl (C=O) groups is 1. The van der Waals surface area contributed by atoms with E-state index in [1.165, 1.54) is 0 Å². The van der Waals surface area contributed by atoms with E-state index in [0.29, 0.717) is 0 Å². The minimum Gasteiger partial charge on any atom is -0.319 e. The Kier molecular flexibility index (Phi) is 4.82. The van der Waals surface area contributed by atoms with Crippen LogP contribution in [0.2, 0.25) is 0 Å². The number of thioether (sulfide) groups is 1. The number of hydrogen-bond acceptors (Lipinski definition) is 3. The van der Waals surface area contributed by atoms with Crippen molar-refractivity contribution in [1.82, 2.24) is 0 Å². The Balaban J connectivity index is 2.93. The average molecular weight is 266 g/mol. The van der Waals surface area contributed by atoms with Crippen LogP contribution in [-0.4, -0.2) is 25.3 Å². The molecule has 0 spiro atoms. The summed E-state index contributed by atoms with van der Waals surface area (Å²) >= 11 is 1.66. The second-order valence-electron chi connectivity index (χ2n) is 5.44. The Bertz CT molecular complexity index is 426. The van der Waals surface area contributed by atoms with Crippen molar-refractivity contribution in [2.45, 2.75) is 31.7 Å². The molecule has 3 nitrogen and oxygen atoms in total. The summed E-state index contributed by atoms with van der Waals surface area (Å²) in [5, 5.41) is 0. The average Bonchev–Trinajstić information content (AvgIpc) is 2.35. The zero-order valence-electron chi connectivity index (χ0n) is 11.7. The van der Waals surface area contributed by atoms with Crippen LogP contribution in [0.4, 0.5) is 5.69 Å². The standard InChI is InChI=1S/C14H22N2OS/c1-14(2,3)12(15)13(17)16(4)10-7-6-8-11(9-10)18-5/h6-9,12H,15H2,1-5H3/t12-/m1/s1. The second-order valence-corrected chi connectivity index (χ2v) is 6.32. The van der Waals surface area contributed by atoms with E-state index in [4.69, 9.17) is 5.73 Å². The van der Waals surface area contributed by atoms with Gasteiger partial charge in [-0.3, -0.25) is 4.79 Å². The summed E-state index contributed by atoms with van der Waals surface area (Å²) in [4.78, 5) is 15.1. The third-order valence-electron chi connectivity index (χ3n) is 2.97. The Labute approximate surface area is 114 Å². The molecule has 4 heteroatoms. The molecule has 0 saturated carbocycles.